The van der Waals surface area contributed by atoms with Crippen LogP contribution in [0.25, 0.3) is 0 Å². The molecule has 1 saturated heterocycles. The highest BCUT2D eigenvalue weighted by molar-refractivity contribution is 5.31. The van der Waals surface area contributed by atoms with Crippen LogP contribution in [0.5, 0.6) is 0 Å². The Balaban J connectivity index is 1.93. The van der Waals surface area contributed by atoms with Crippen molar-refractivity contribution in [2.45, 2.75) is 66.2 Å². The second kappa shape index (κ2) is 5.94. The number of piperidine rings is 1. The number of aromatic nitrogens is 2. The van der Waals surface area contributed by atoms with E-state index in [-0.39, 0.29) is 5.41 Å². The summed E-state index contributed by atoms with van der Waals surface area (Å²) in [6.07, 6.45) is 7.83. The quantitative estimate of drug-likeness (QED) is 0.806. The topological polar surface area (TPSA) is 29.0 Å². The van der Waals surface area contributed by atoms with Crippen molar-refractivity contribution in [1.29, 1.82) is 0 Å². The molecule has 0 atom stereocenters. The molecule has 2 heterocycles. The minimum atomic E-state index is 0.123. The average molecular weight is 289 g/mol. The van der Waals surface area contributed by atoms with E-state index in [4.69, 9.17) is 0 Å². The molecular formula is C18H31N3. The summed E-state index contributed by atoms with van der Waals surface area (Å²) in [7, 11) is 0. The average Bonchev–Trinajstić information content (AvgIpc) is 2.37. The van der Waals surface area contributed by atoms with E-state index in [1.165, 1.54) is 24.8 Å². The van der Waals surface area contributed by atoms with Crippen LogP contribution >= 0.6 is 0 Å². The Labute approximate surface area is 130 Å². The lowest BCUT2D eigenvalue weighted by atomic mass is 9.80. The molecule has 0 radical (unpaired) electrons. The summed E-state index contributed by atoms with van der Waals surface area (Å²) in [6.45, 7) is 15.8. The zero-order valence-corrected chi connectivity index (χ0v) is 14.6. The SMILES string of the molecule is CC(C)(C)CC1CCN(c2ncc(C(C)(C)C)cn2)CC1. The summed E-state index contributed by atoms with van der Waals surface area (Å²) in [6, 6.07) is 0. The van der Waals surface area contributed by atoms with Gasteiger partial charge in [0.1, 0.15) is 0 Å². The summed E-state index contributed by atoms with van der Waals surface area (Å²) >= 11 is 0. The first-order valence-corrected chi connectivity index (χ1v) is 8.23. The maximum atomic E-state index is 4.58. The second-order valence-electron chi connectivity index (χ2n) is 8.72. The van der Waals surface area contributed by atoms with Gasteiger partial charge in [-0.15, -0.1) is 0 Å². The van der Waals surface area contributed by atoms with Crippen LogP contribution in [0.2, 0.25) is 0 Å². The summed E-state index contributed by atoms with van der Waals surface area (Å²) in [5, 5.41) is 0. The van der Waals surface area contributed by atoms with Crippen LogP contribution in [0.4, 0.5) is 5.95 Å². The van der Waals surface area contributed by atoms with Gasteiger partial charge >= 0.3 is 0 Å². The van der Waals surface area contributed by atoms with Gasteiger partial charge in [0, 0.05) is 25.5 Å². The van der Waals surface area contributed by atoms with Gasteiger partial charge in [-0.05, 0) is 41.6 Å². The van der Waals surface area contributed by atoms with Gasteiger partial charge in [-0.25, -0.2) is 9.97 Å². The van der Waals surface area contributed by atoms with Gasteiger partial charge in [0.25, 0.3) is 0 Å². The molecule has 0 amide bonds. The molecule has 1 aliphatic rings. The normalized spacial score (nSPS) is 18.1. The number of anilines is 1. The Hall–Kier alpha value is -1.12. The van der Waals surface area contributed by atoms with Crippen molar-refractivity contribution in [1.82, 2.24) is 9.97 Å². The molecule has 2 rings (SSSR count). The first-order chi connectivity index (χ1) is 9.65. The number of hydrogen-bond donors (Lipinski definition) is 0. The maximum Gasteiger partial charge on any atom is 0.225 e. The van der Waals surface area contributed by atoms with E-state index in [9.17, 15) is 0 Å². The molecule has 0 unspecified atom stereocenters. The smallest absolute Gasteiger partial charge is 0.225 e. The molecule has 0 aliphatic carbocycles. The van der Waals surface area contributed by atoms with Crippen LogP contribution in [-0.2, 0) is 5.41 Å². The Bertz CT molecular complexity index is 443. The van der Waals surface area contributed by atoms with Gasteiger partial charge in [0.05, 0.1) is 0 Å². The number of hydrogen-bond acceptors (Lipinski definition) is 3. The highest BCUT2D eigenvalue weighted by Gasteiger charge is 2.25. The van der Waals surface area contributed by atoms with Crippen molar-refractivity contribution in [3.63, 3.8) is 0 Å². The van der Waals surface area contributed by atoms with E-state index in [0.717, 1.165) is 25.0 Å². The molecule has 21 heavy (non-hydrogen) atoms. The Kier molecular flexibility index (Phi) is 4.60. The molecule has 1 aliphatic heterocycles. The van der Waals surface area contributed by atoms with Crippen LogP contribution in [0.3, 0.4) is 0 Å². The van der Waals surface area contributed by atoms with Gasteiger partial charge in [0.15, 0.2) is 0 Å². The lowest BCUT2D eigenvalue weighted by Gasteiger charge is -2.35. The van der Waals surface area contributed by atoms with Crippen molar-refractivity contribution in [2.75, 3.05) is 18.0 Å². The maximum absolute atomic E-state index is 4.58. The molecule has 0 N–H and O–H groups in total. The molecule has 0 spiro atoms. The van der Waals surface area contributed by atoms with E-state index in [2.05, 4.69) is 56.4 Å². The highest BCUT2D eigenvalue weighted by Crippen LogP contribution is 2.31. The number of nitrogens with zero attached hydrogens (tertiary/aromatic N) is 3. The summed E-state index contributed by atoms with van der Waals surface area (Å²) in [5.41, 5.74) is 1.77. The molecule has 1 fully saturated rings. The number of rotatable bonds is 2. The van der Waals surface area contributed by atoms with Crippen LogP contribution < -0.4 is 4.90 Å². The van der Waals surface area contributed by atoms with Gasteiger partial charge in [-0.2, -0.15) is 0 Å². The Morgan fingerprint density at radius 2 is 1.52 bits per heavy atom. The van der Waals surface area contributed by atoms with E-state index < -0.39 is 0 Å². The van der Waals surface area contributed by atoms with Crippen molar-refractivity contribution in [3.8, 4) is 0 Å². The largest absolute Gasteiger partial charge is 0.341 e. The van der Waals surface area contributed by atoms with E-state index in [1.807, 2.05) is 12.4 Å². The molecule has 118 valence electrons. The van der Waals surface area contributed by atoms with Crippen LogP contribution in [0, 0.1) is 11.3 Å². The molecule has 0 bridgehead atoms. The molecule has 0 saturated carbocycles. The minimum Gasteiger partial charge on any atom is -0.341 e. The van der Waals surface area contributed by atoms with Gasteiger partial charge < -0.3 is 4.90 Å². The predicted octanol–water partition coefficient (Wildman–Crippen LogP) is 4.43. The first kappa shape index (κ1) is 16.3. The molecule has 1 aromatic heterocycles. The fourth-order valence-corrected chi connectivity index (χ4v) is 3.07. The molecule has 3 heteroatoms. The third-order valence-corrected chi connectivity index (χ3v) is 4.30. The van der Waals surface area contributed by atoms with Gasteiger partial charge in [-0.3, -0.25) is 0 Å². The third kappa shape index (κ3) is 4.69. The monoisotopic (exact) mass is 289 g/mol. The Morgan fingerprint density at radius 1 is 1.00 bits per heavy atom. The van der Waals surface area contributed by atoms with E-state index in [1.54, 1.807) is 0 Å². The van der Waals surface area contributed by atoms with Gasteiger partial charge in [0.2, 0.25) is 5.95 Å². The highest BCUT2D eigenvalue weighted by atomic mass is 15.2. The van der Waals surface area contributed by atoms with Crippen LogP contribution in [-0.4, -0.2) is 23.1 Å². The summed E-state index contributed by atoms with van der Waals surface area (Å²) < 4.78 is 0. The molecule has 0 aromatic carbocycles. The van der Waals surface area contributed by atoms with Crippen molar-refractivity contribution in [2.24, 2.45) is 11.3 Å². The van der Waals surface area contributed by atoms with E-state index in [0.29, 0.717) is 5.41 Å². The van der Waals surface area contributed by atoms with Gasteiger partial charge in [-0.1, -0.05) is 41.5 Å². The standard InChI is InChI=1S/C18H31N3/c1-17(2,3)11-14-7-9-21(10-8-14)16-19-12-15(13-20-16)18(4,5)6/h12-14H,7-11H2,1-6H3. The minimum absolute atomic E-state index is 0.123. The van der Waals surface area contributed by atoms with E-state index >= 15 is 0 Å². The molecule has 1 aromatic rings. The molecular weight excluding hydrogens is 258 g/mol. The zero-order valence-electron chi connectivity index (χ0n) is 14.6. The lowest BCUT2D eigenvalue weighted by molar-refractivity contribution is 0.257. The summed E-state index contributed by atoms with van der Waals surface area (Å²) in [4.78, 5) is 11.5. The van der Waals surface area contributed by atoms with Crippen molar-refractivity contribution < 1.29 is 0 Å². The molecule has 3 nitrogen and oxygen atoms in total. The van der Waals surface area contributed by atoms with Crippen LogP contribution in [0.1, 0.15) is 66.4 Å². The lowest BCUT2D eigenvalue weighted by Crippen LogP contribution is -2.36. The second-order valence-corrected chi connectivity index (χ2v) is 8.72. The summed E-state index contributed by atoms with van der Waals surface area (Å²) in [5.74, 6) is 1.76. The third-order valence-electron chi connectivity index (χ3n) is 4.30. The first-order valence-electron chi connectivity index (χ1n) is 8.23. The fourth-order valence-electron chi connectivity index (χ4n) is 3.07. The predicted molar refractivity (Wildman–Crippen MR) is 89.7 cm³/mol. The Morgan fingerprint density at radius 3 is 1.95 bits per heavy atom. The van der Waals surface area contributed by atoms with Crippen molar-refractivity contribution in [3.05, 3.63) is 18.0 Å². The zero-order chi connectivity index (χ0) is 15.7. The van der Waals surface area contributed by atoms with Crippen molar-refractivity contribution >= 4 is 5.95 Å². The fraction of sp³-hybridized carbons (Fsp3) is 0.778. The van der Waals surface area contributed by atoms with Crippen LogP contribution in [0.15, 0.2) is 12.4 Å².